The van der Waals surface area contributed by atoms with Gasteiger partial charge in [0.1, 0.15) is 11.3 Å². The number of imide groups is 2. The van der Waals surface area contributed by atoms with E-state index in [-0.39, 0.29) is 29.2 Å². The zero-order chi connectivity index (χ0) is 23.3. The Labute approximate surface area is 184 Å². The molecule has 1 aliphatic heterocycles. The summed E-state index contributed by atoms with van der Waals surface area (Å²) < 4.78 is 16.0. The van der Waals surface area contributed by atoms with Crippen molar-refractivity contribution in [1.82, 2.24) is 5.32 Å². The number of carbonyl (C=O) groups is 4. The number of nitrogens with one attached hydrogen (secondary N) is 1. The third-order valence-corrected chi connectivity index (χ3v) is 4.52. The van der Waals surface area contributed by atoms with Crippen molar-refractivity contribution >= 4 is 35.6 Å². The standard InChI is InChI=1S/C23H22N2O7/c1-4-20(26)32-18-11-10-14(13-19(18)31-5-2)12-15-21(27)24-23(29)25(22(15)28)16-8-6-7-9-17(16)30-3/h6-13H,4-5H2,1-3H3,(H,24,27,29)/b15-12-. The molecule has 0 radical (unpaired) electrons. The van der Waals surface area contributed by atoms with Gasteiger partial charge in [0.2, 0.25) is 0 Å². The molecule has 2 aromatic carbocycles. The Hall–Kier alpha value is -4.14. The van der Waals surface area contributed by atoms with Crippen molar-refractivity contribution in [2.45, 2.75) is 20.3 Å². The number of amides is 4. The Bertz CT molecular complexity index is 1110. The number of para-hydroxylation sites is 2. The molecule has 9 nitrogen and oxygen atoms in total. The molecule has 3 rings (SSSR count). The van der Waals surface area contributed by atoms with Gasteiger partial charge in [0.25, 0.3) is 11.8 Å². The summed E-state index contributed by atoms with van der Waals surface area (Å²) in [7, 11) is 1.41. The minimum absolute atomic E-state index is 0.193. The largest absolute Gasteiger partial charge is 0.495 e. The summed E-state index contributed by atoms with van der Waals surface area (Å²) in [6, 6.07) is 10.2. The van der Waals surface area contributed by atoms with Crippen LogP contribution >= 0.6 is 0 Å². The van der Waals surface area contributed by atoms with Crippen LogP contribution in [0.4, 0.5) is 10.5 Å². The Morgan fingerprint density at radius 1 is 1.03 bits per heavy atom. The highest BCUT2D eigenvalue weighted by Gasteiger charge is 2.38. The highest BCUT2D eigenvalue weighted by molar-refractivity contribution is 6.39. The summed E-state index contributed by atoms with van der Waals surface area (Å²) in [5, 5.41) is 2.17. The molecule has 1 N–H and O–H groups in total. The van der Waals surface area contributed by atoms with Gasteiger partial charge in [-0.1, -0.05) is 25.1 Å². The molecular weight excluding hydrogens is 416 g/mol. The summed E-state index contributed by atoms with van der Waals surface area (Å²) >= 11 is 0. The minimum atomic E-state index is -0.876. The number of anilines is 1. The first-order chi connectivity index (χ1) is 15.4. The fourth-order valence-corrected chi connectivity index (χ4v) is 3.02. The highest BCUT2D eigenvalue weighted by atomic mass is 16.6. The molecule has 1 fully saturated rings. The fraction of sp³-hybridized carbons (Fsp3) is 0.217. The van der Waals surface area contributed by atoms with Gasteiger partial charge in [-0.2, -0.15) is 0 Å². The maximum atomic E-state index is 13.1. The van der Waals surface area contributed by atoms with Gasteiger partial charge in [0.05, 0.1) is 19.4 Å². The van der Waals surface area contributed by atoms with Gasteiger partial charge < -0.3 is 14.2 Å². The first-order valence-corrected chi connectivity index (χ1v) is 9.91. The molecule has 166 valence electrons. The van der Waals surface area contributed by atoms with E-state index >= 15 is 0 Å². The van der Waals surface area contributed by atoms with Gasteiger partial charge in [-0.05, 0) is 42.8 Å². The smallest absolute Gasteiger partial charge is 0.336 e. The molecule has 9 heteroatoms. The molecule has 0 bridgehead atoms. The molecule has 0 spiro atoms. The Balaban J connectivity index is 2.00. The lowest BCUT2D eigenvalue weighted by Gasteiger charge is -2.27. The number of urea groups is 1. The average Bonchev–Trinajstić information content (AvgIpc) is 2.78. The van der Waals surface area contributed by atoms with Crippen LogP contribution in [-0.2, 0) is 14.4 Å². The molecule has 0 aromatic heterocycles. The van der Waals surface area contributed by atoms with Crippen molar-refractivity contribution in [3.63, 3.8) is 0 Å². The van der Waals surface area contributed by atoms with Gasteiger partial charge in [-0.3, -0.25) is 19.7 Å². The molecular formula is C23H22N2O7. The average molecular weight is 438 g/mol. The van der Waals surface area contributed by atoms with Crippen molar-refractivity contribution in [1.29, 1.82) is 0 Å². The monoisotopic (exact) mass is 438 g/mol. The summed E-state index contributed by atoms with van der Waals surface area (Å²) in [5.41, 5.74) is 0.390. The van der Waals surface area contributed by atoms with Crippen molar-refractivity contribution in [2.75, 3.05) is 18.6 Å². The minimum Gasteiger partial charge on any atom is -0.495 e. The maximum Gasteiger partial charge on any atom is 0.336 e. The van der Waals surface area contributed by atoms with Crippen molar-refractivity contribution in [3.8, 4) is 17.2 Å². The van der Waals surface area contributed by atoms with Crippen LogP contribution in [0.5, 0.6) is 17.2 Å². The van der Waals surface area contributed by atoms with E-state index < -0.39 is 23.8 Å². The van der Waals surface area contributed by atoms with E-state index in [4.69, 9.17) is 14.2 Å². The van der Waals surface area contributed by atoms with Gasteiger partial charge >= 0.3 is 12.0 Å². The van der Waals surface area contributed by atoms with Crippen molar-refractivity contribution in [2.24, 2.45) is 0 Å². The SMILES string of the molecule is CCOc1cc(/C=C2/C(=O)NC(=O)N(c3ccccc3OC)C2=O)ccc1OC(=O)CC. The highest BCUT2D eigenvalue weighted by Crippen LogP contribution is 2.32. The first-order valence-electron chi connectivity index (χ1n) is 9.91. The molecule has 1 aliphatic rings. The summed E-state index contributed by atoms with van der Waals surface area (Å²) in [6.45, 7) is 3.75. The van der Waals surface area contributed by atoms with Crippen LogP contribution in [0.25, 0.3) is 6.08 Å². The third-order valence-electron chi connectivity index (χ3n) is 4.52. The van der Waals surface area contributed by atoms with Gasteiger partial charge in [0.15, 0.2) is 11.5 Å². The predicted molar refractivity (Wildman–Crippen MR) is 116 cm³/mol. The zero-order valence-electron chi connectivity index (χ0n) is 17.8. The number of hydrogen-bond acceptors (Lipinski definition) is 7. The van der Waals surface area contributed by atoms with E-state index in [1.54, 1.807) is 44.2 Å². The first kappa shape index (κ1) is 22.5. The Morgan fingerprint density at radius 3 is 2.47 bits per heavy atom. The van der Waals surface area contributed by atoms with Crippen LogP contribution in [0.1, 0.15) is 25.8 Å². The number of ether oxygens (including phenoxy) is 3. The van der Waals surface area contributed by atoms with E-state index in [1.165, 1.54) is 25.3 Å². The molecule has 1 heterocycles. The number of hydrogen-bond donors (Lipinski definition) is 1. The third kappa shape index (κ3) is 4.61. The summed E-state index contributed by atoms with van der Waals surface area (Å²) in [6.07, 6.45) is 1.53. The number of methoxy groups -OCH3 is 1. The normalized spacial score (nSPS) is 14.9. The second-order valence-electron chi connectivity index (χ2n) is 6.60. The maximum absolute atomic E-state index is 13.1. The number of barbiturate groups is 1. The van der Waals surface area contributed by atoms with E-state index in [0.717, 1.165) is 4.90 Å². The topological polar surface area (TPSA) is 111 Å². The number of esters is 1. The van der Waals surface area contributed by atoms with Crippen LogP contribution in [0.15, 0.2) is 48.0 Å². The Morgan fingerprint density at radius 2 is 1.78 bits per heavy atom. The summed E-state index contributed by atoms with van der Waals surface area (Å²) in [4.78, 5) is 50.4. The molecule has 4 amide bonds. The van der Waals surface area contributed by atoms with Crippen LogP contribution in [-0.4, -0.2) is 37.5 Å². The lowest BCUT2D eigenvalue weighted by atomic mass is 10.1. The fourth-order valence-electron chi connectivity index (χ4n) is 3.02. The second kappa shape index (κ2) is 9.78. The van der Waals surface area contributed by atoms with E-state index in [0.29, 0.717) is 17.9 Å². The van der Waals surface area contributed by atoms with Crippen molar-refractivity contribution in [3.05, 3.63) is 53.6 Å². The van der Waals surface area contributed by atoms with Gasteiger partial charge in [-0.25, -0.2) is 9.69 Å². The molecule has 0 atom stereocenters. The van der Waals surface area contributed by atoms with E-state index in [2.05, 4.69) is 5.32 Å². The number of benzene rings is 2. The molecule has 1 saturated heterocycles. The number of nitrogens with zero attached hydrogens (tertiary/aromatic N) is 1. The van der Waals surface area contributed by atoms with Crippen LogP contribution in [0, 0.1) is 0 Å². The van der Waals surface area contributed by atoms with Crippen LogP contribution in [0.2, 0.25) is 0 Å². The predicted octanol–water partition coefficient (Wildman–Crippen LogP) is 3.08. The zero-order valence-corrected chi connectivity index (χ0v) is 17.8. The number of rotatable bonds is 7. The van der Waals surface area contributed by atoms with Crippen LogP contribution in [0.3, 0.4) is 0 Å². The van der Waals surface area contributed by atoms with E-state index in [1.807, 2.05) is 0 Å². The van der Waals surface area contributed by atoms with Gasteiger partial charge in [-0.15, -0.1) is 0 Å². The molecule has 0 saturated carbocycles. The number of carbonyl (C=O) groups excluding carboxylic acids is 4. The molecule has 32 heavy (non-hydrogen) atoms. The molecule has 2 aromatic rings. The quantitative estimate of drug-likeness (QED) is 0.306. The molecule has 0 unspecified atom stereocenters. The van der Waals surface area contributed by atoms with Crippen LogP contribution < -0.4 is 24.4 Å². The second-order valence-corrected chi connectivity index (χ2v) is 6.60. The molecule has 0 aliphatic carbocycles. The van der Waals surface area contributed by atoms with Crippen molar-refractivity contribution < 1.29 is 33.4 Å². The van der Waals surface area contributed by atoms with E-state index in [9.17, 15) is 19.2 Å². The lowest BCUT2D eigenvalue weighted by molar-refractivity contribution is -0.134. The summed E-state index contributed by atoms with van der Waals surface area (Å²) in [5.74, 6) is -1.25. The Kier molecular flexibility index (Phi) is 6.89. The lowest BCUT2D eigenvalue weighted by Crippen LogP contribution is -2.54. The van der Waals surface area contributed by atoms with Gasteiger partial charge in [0, 0.05) is 6.42 Å².